The molecule has 1 fully saturated rings. The maximum Gasteiger partial charge on any atom is 0.124 e. The number of aliphatic hydroxyl groups is 1. The highest BCUT2D eigenvalue weighted by Gasteiger charge is 2.21. The zero-order chi connectivity index (χ0) is 15.2. The number of rotatable bonds is 3. The normalized spacial score (nSPS) is 20.1. The fraction of sp³-hybridized carbons (Fsp3) is 0.529. The second-order valence-corrected chi connectivity index (χ2v) is 5.71. The van der Waals surface area contributed by atoms with E-state index in [1.54, 1.807) is 6.07 Å². The predicted molar refractivity (Wildman–Crippen MR) is 82.3 cm³/mol. The Labute approximate surface area is 126 Å². The first-order chi connectivity index (χ1) is 10.1. The minimum atomic E-state index is -0.248. The number of hydrogen-bond acceptors (Lipinski definition) is 3. The summed E-state index contributed by atoms with van der Waals surface area (Å²) in [4.78, 5) is 4.69. The Kier molecular flexibility index (Phi) is 5.75. The van der Waals surface area contributed by atoms with E-state index < -0.39 is 0 Å². The molecule has 0 amide bonds. The molecule has 1 aromatic rings. The first-order valence-electron chi connectivity index (χ1n) is 7.40. The molecule has 1 atom stereocenters. The lowest BCUT2D eigenvalue weighted by Crippen LogP contribution is -2.49. The Hall–Kier alpha value is -1.41. The van der Waals surface area contributed by atoms with Gasteiger partial charge in [0.05, 0.1) is 6.61 Å². The van der Waals surface area contributed by atoms with E-state index in [4.69, 9.17) is 5.11 Å². The molecule has 1 aliphatic heterocycles. The van der Waals surface area contributed by atoms with Crippen LogP contribution in [0.1, 0.15) is 24.5 Å². The fourth-order valence-corrected chi connectivity index (χ4v) is 2.68. The van der Waals surface area contributed by atoms with Gasteiger partial charge in [-0.15, -0.1) is 0 Å². The van der Waals surface area contributed by atoms with Gasteiger partial charge in [-0.25, -0.2) is 4.39 Å². The number of halogens is 1. The van der Waals surface area contributed by atoms with E-state index >= 15 is 0 Å². The highest BCUT2D eigenvalue weighted by atomic mass is 19.1. The first kappa shape index (κ1) is 16.0. The summed E-state index contributed by atoms with van der Waals surface area (Å²) in [7, 11) is 2.13. The molecule has 0 aromatic heterocycles. The molecule has 1 heterocycles. The molecule has 4 heteroatoms. The monoisotopic (exact) mass is 290 g/mol. The molecule has 1 saturated heterocycles. The SMILES string of the molecule is CC1CN(C)CCN1Cc1cc(F)cc(C#CCCO)c1. The average Bonchev–Trinajstić information content (AvgIpc) is 2.42. The molecule has 1 N–H and O–H groups in total. The number of benzene rings is 1. The first-order valence-corrected chi connectivity index (χ1v) is 7.40. The average molecular weight is 290 g/mol. The summed E-state index contributed by atoms with van der Waals surface area (Å²) in [5, 5.41) is 8.73. The maximum atomic E-state index is 13.7. The lowest BCUT2D eigenvalue weighted by molar-refractivity contribution is 0.0937. The molecule has 114 valence electrons. The maximum absolute atomic E-state index is 13.7. The smallest absolute Gasteiger partial charge is 0.124 e. The molecule has 0 saturated carbocycles. The van der Waals surface area contributed by atoms with Gasteiger partial charge in [-0.05, 0) is 37.7 Å². The van der Waals surface area contributed by atoms with Crippen molar-refractivity contribution in [3.05, 3.63) is 35.1 Å². The van der Waals surface area contributed by atoms with Crippen LogP contribution in [0.5, 0.6) is 0 Å². The van der Waals surface area contributed by atoms with Gasteiger partial charge in [0.25, 0.3) is 0 Å². The van der Waals surface area contributed by atoms with Crippen molar-refractivity contribution in [2.45, 2.75) is 25.9 Å². The third-order valence-corrected chi connectivity index (χ3v) is 3.78. The quantitative estimate of drug-likeness (QED) is 0.858. The number of hydrogen-bond donors (Lipinski definition) is 1. The van der Waals surface area contributed by atoms with E-state index in [0.29, 0.717) is 18.0 Å². The van der Waals surface area contributed by atoms with Gasteiger partial charge in [-0.3, -0.25) is 4.90 Å². The highest BCUT2D eigenvalue weighted by Crippen LogP contribution is 2.15. The third kappa shape index (κ3) is 4.82. The van der Waals surface area contributed by atoms with Gasteiger partial charge in [0.15, 0.2) is 0 Å². The van der Waals surface area contributed by atoms with Crippen LogP contribution in [-0.2, 0) is 6.54 Å². The summed E-state index contributed by atoms with van der Waals surface area (Å²) in [5.74, 6) is 5.50. The lowest BCUT2D eigenvalue weighted by Gasteiger charge is -2.38. The van der Waals surface area contributed by atoms with Crippen molar-refractivity contribution in [1.29, 1.82) is 0 Å². The van der Waals surface area contributed by atoms with E-state index in [0.717, 1.165) is 31.7 Å². The number of nitrogens with zero attached hydrogens (tertiary/aromatic N) is 2. The molecule has 0 bridgehead atoms. The van der Waals surface area contributed by atoms with Crippen molar-refractivity contribution < 1.29 is 9.50 Å². The summed E-state index contributed by atoms with van der Waals surface area (Å²) in [6.07, 6.45) is 0.418. The Morgan fingerprint density at radius 1 is 1.33 bits per heavy atom. The van der Waals surface area contributed by atoms with Gasteiger partial charge in [-0.1, -0.05) is 11.8 Å². The van der Waals surface area contributed by atoms with Crippen molar-refractivity contribution in [2.75, 3.05) is 33.3 Å². The van der Waals surface area contributed by atoms with Crippen molar-refractivity contribution >= 4 is 0 Å². The summed E-state index contributed by atoms with van der Waals surface area (Å²) in [5.41, 5.74) is 1.64. The number of aliphatic hydroxyl groups excluding tert-OH is 1. The van der Waals surface area contributed by atoms with Crippen LogP contribution in [0.3, 0.4) is 0 Å². The molecule has 0 spiro atoms. The second kappa shape index (κ2) is 7.56. The third-order valence-electron chi connectivity index (χ3n) is 3.78. The van der Waals surface area contributed by atoms with Gasteiger partial charge in [0.2, 0.25) is 0 Å². The summed E-state index contributed by atoms with van der Waals surface area (Å²) in [6.45, 7) is 6.08. The summed E-state index contributed by atoms with van der Waals surface area (Å²) < 4.78 is 13.7. The number of likely N-dealkylation sites (N-methyl/N-ethyl adjacent to an activating group) is 1. The van der Waals surface area contributed by atoms with Crippen LogP contribution < -0.4 is 0 Å². The summed E-state index contributed by atoms with van der Waals surface area (Å²) >= 11 is 0. The van der Waals surface area contributed by atoms with E-state index in [1.165, 1.54) is 6.07 Å². The van der Waals surface area contributed by atoms with Crippen LogP contribution in [0.15, 0.2) is 18.2 Å². The molecule has 0 aliphatic carbocycles. The molecular weight excluding hydrogens is 267 g/mol. The molecular formula is C17H23FN2O. The molecule has 1 aliphatic rings. The lowest BCUT2D eigenvalue weighted by atomic mass is 10.1. The van der Waals surface area contributed by atoms with Gasteiger partial charge in [0.1, 0.15) is 5.82 Å². The van der Waals surface area contributed by atoms with Crippen molar-refractivity contribution in [3.8, 4) is 11.8 Å². The molecule has 3 nitrogen and oxygen atoms in total. The van der Waals surface area contributed by atoms with E-state index in [9.17, 15) is 4.39 Å². The molecule has 2 rings (SSSR count). The summed E-state index contributed by atoms with van der Waals surface area (Å²) in [6, 6.07) is 5.44. The van der Waals surface area contributed by atoms with E-state index in [-0.39, 0.29) is 12.4 Å². The van der Waals surface area contributed by atoms with Gasteiger partial charge in [0, 0.05) is 44.2 Å². The topological polar surface area (TPSA) is 26.7 Å². The largest absolute Gasteiger partial charge is 0.395 e. The zero-order valence-electron chi connectivity index (χ0n) is 12.8. The Balaban J connectivity index is 2.08. The van der Waals surface area contributed by atoms with Crippen LogP contribution in [0.25, 0.3) is 0 Å². The molecule has 21 heavy (non-hydrogen) atoms. The van der Waals surface area contributed by atoms with Gasteiger partial charge < -0.3 is 10.0 Å². The fourth-order valence-electron chi connectivity index (χ4n) is 2.68. The minimum absolute atomic E-state index is 0.0357. The standard InChI is InChI=1S/C17H23FN2O/c1-14-12-19(2)6-7-20(14)13-16-9-15(5-3-4-8-21)10-17(18)11-16/h9-11,14,21H,4,6-8,12-13H2,1-2H3. The van der Waals surface area contributed by atoms with Crippen molar-refractivity contribution in [3.63, 3.8) is 0 Å². The van der Waals surface area contributed by atoms with Crippen LogP contribution in [-0.4, -0.2) is 54.2 Å². The number of piperazine rings is 1. The second-order valence-electron chi connectivity index (χ2n) is 5.71. The molecule has 1 aromatic carbocycles. The molecule has 1 unspecified atom stereocenters. The Morgan fingerprint density at radius 2 is 2.14 bits per heavy atom. The van der Waals surface area contributed by atoms with Gasteiger partial charge in [-0.2, -0.15) is 0 Å². The van der Waals surface area contributed by atoms with Crippen molar-refractivity contribution in [1.82, 2.24) is 9.80 Å². The Morgan fingerprint density at radius 3 is 2.86 bits per heavy atom. The van der Waals surface area contributed by atoms with Crippen LogP contribution in [0.2, 0.25) is 0 Å². The van der Waals surface area contributed by atoms with Crippen LogP contribution >= 0.6 is 0 Å². The molecule has 0 radical (unpaired) electrons. The highest BCUT2D eigenvalue weighted by molar-refractivity contribution is 5.37. The van der Waals surface area contributed by atoms with Crippen LogP contribution in [0, 0.1) is 17.7 Å². The Bertz CT molecular complexity index is 535. The zero-order valence-corrected chi connectivity index (χ0v) is 12.8. The predicted octanol–water partition coefficient (Wildman–Crippen LogP) is 1.70. The van der Waals surface area contributed by atoms with E-state index in [1.807, 2.05) is 6.07 Å². The van der Waals surface area contributed by atoms with Gasteiger partial charge >= 0.3 is 0 Å². The van der Waals surface area contributed by atoms with Crippen molar-refractivity contribution in [2.24, 2.45) is 0 Å². The minimum Gasteiger partial charge on any atom is -0.395 e. The van der Waals surface area contributed by atoms with E-state index in [2.05, 4.69) is 35.6 Å². The van der Waals surface area contributed by atoms with Crippen LogP contribution in [0.4, 0.5) is 4.39 Å².